The first-order valence-electron chi connectivity index (χ1n) is 10.9. The third-order valence-electron chi connectivity index (χ3n) is 5.73. The van der Waals surface area contributed by atoms with Crippen LogP contribution in [0.15, 0.2) is 75.3 Å². The number of amides is 1. The van der Waals surface area contributed by atoms with Gasteiger partial charge in [0.1, 0.15) is 5.71 Å². The van der Waals surface area contributed by atoms with Gasteiger partial charge in [-0.05, 0) is 58.2 Å². The highest BCUT2D eigenvalue weighted by molar-refractivity contribution is 7.12. The Morgan fingerprint density at radius 1 is 0.912 bits per heavy atom. The summed E-state index contributed by atoms with van der Waals surface area (Å²) in [5.41, 5.74) is 2.61. The van der Waals surface area contributed by atoms with Crippen molar-refractivity contribution in [2.45, 2.75) is 41.5 Å². The van der Waals surface area contributed by atoms with Crippen LogP contribution in [0.5, 0.6) is 0 Å². The van der Waals surface area contributed by atoms with Crippen molar-refractivity contribution in [2.24, 2.45) is 15.9 Å². The molecule has 2 heterocycles. The fourth-order valence-corrected chi connectivity index (χ4v) is 5.03. The van der Waals surface area contributed by atoms with E-state index in [1.165, 1.54) is 16.3 Å². The van der Waals surface area contributed by atoms with Gasteiger partial charge in [-0.15, -0.1) is 11.3 Å². The number of anilines is 1. The van der Waals surface area contributed by atoms with E-state index in [0.29, 0.717) is 43.7 Å². The number of carbonyl (C=O) groups excluding carboxylic acids is 2. The lowest BCUT2D eigenvalue weighted by Crippen LogP contribution is -2.29. The lowest BCUT2D eigenvalue weighted by molar-refractivity contribution is -0.115. The SMILES string of the molecule is CC(C)(C)C1=CC(=C2C(=O)N(c3cc(Cl)ccc3Cl)N=C2c2cccs2)C=C(C(C)(C)C)C1=O. The third kappa shape index (κ3) is 4.45. The molecule has 1 amide bonds. The molecule has 1 aliphatic heterocycles. The molecule has 0 atom stereocenters. The maximum Gasteiger partial charge on any atom is 0.281 e. The number of Topliss-reactive ketones (excluding diaryl/α,β-unsaturated/α-hetero) is 1. The van der Waals surface area contributed by atoms with Crippen LogP contribution in [0.25, 0.3) is 0 Å². The van der Waals surface area contributed by atoms with Crippen LogP contribution in [-0.2, 0) is 9.59 Å². The molecule has 0 fully saturated rings. The van der Waals surface area contributed by atoms with Gasteiger partial charge in [0.2, 0.25) is 0 Å². The van der Waals surface area contributed by atoms with Gasteiger partial charge in [-0.25, -0.2) is 0 Å². The van der Waals surface area contributed by atoms with E-state index in [0.717, 1.165) is 4.88 Å². The highest BCUT2D eigenvalue weighted by Crippen LogP contribution is 2.42. The molecule has 0 bridgehead atoms. The summed E-state index contributed by atoms with van der Waals surface area (Å²) >= 11 is 14.1. The second kappa shape index (κ2) is 8.63. The summed E-state index contributed by atoms with van der Waals surface area (Å²) < 4.78 is 0. The van der Waals surface area contributed by atoms with Crippen molar-refractivity contribution in [1.82, 2.24) is 0 Å². The lowest BCUT2D eigenvalue weighted by atomic mass is 9.71. The number of ketones is 1. The van der Waals surface area contributed by atoms with E-state index in [1.807, 2.05) is 71.2 Å². The molecule has 4 rings (SSSR count). The molecule has 1 aromatic heterocycles. The molecule has 0 radical (unpaired) electrons. The molecule has 176 valence electrons. The Balaban J connectivity index is 2.01. The number of thiophene rings is 1. The number of allylic oxidation sites excluding steroid dienone is 5. The zero-order valence-electron chi connectivity index (χ0n) is 20.0. The Hall–Kier alpha value is -2.47. The predicted octanol–water partition coefficient (Wildman–Crippen LogP) is 7.63. The highest BCUT2D eigenvalue weighted by atomic mass is 35.5. The average molecular weight is 513 g/mol. The predicted molar refractivity (Wildman–Crippen MR) is 142 cm³/mol. The molecule has 0 spiro atoms. The Morgan fingerprint density at radius 2 is 1.53 bits per heavy atom. The molecule has 0 saturated heterocycles. The summed E-state index contributed by atoms with van der Waals surface area (Å²) in [5.74, 6) is -0.301. The Bertz CT molecular complexity index is 1280. The fourth-order valence-electron chi connectivity index (χ4n) is 3.95. The molecular weight excluding hydrogens is 487 g/mol. The van der Waals surface area contributed by atoms with Gasteiger partial charge in [-0.3, -0.25) is 9.59 Å². The molecule has 0 saturated carbocycles. The number of hydrogen-bond donors (Lipinski definition) is 0. The minimum absolute atomic E-state index is 0.0131. The molecule has 2 aromatic rings. The average Bonchev–Trinajstić information content (AvgIpc) is 3.36. The van der Waals surface area contributed by atoms with Crippen LogP contribution < -0.4 is 5.01 Å². The number of halogens is 2. The van der Waals surface area contributed by atoms with Crippen LogP contribution in [0.1, 0.15) is 46.4 Å². The van der Waals surface area contributed by atoms with E-state index >= 15 is 0 Å². The van der Waals surface area contributed by atoms with Crippen molar-refractivity contribution in [3.63, 3.8) is 0 Å². The van der Waals surface area contributed by atoms with Crippen LogP contribution >= 0.6 is 34.5 Å². The van der Waals surface area contributed by atoms with E-state index in [1.54, 1.807) is 18.2 Å². The van der Waals surface area contributed by atoms with Gasteiger partial charge in [0, 0.05) is 16.2 Å². The number of nitrogens with zero attached hydrogens (tertiary/aromatic N) is 2. The largest absolute Gasteiger partial charge is 0.289 e. The summed E-state index contributed by atoms with van der Waals surface area (Å²) in [6.45, 7) is 12.0. The maximum absolute atomic E-state index is 13.9. The second-order valence-corrected chi connectivity index (χ2v) is 12.2. The van der Waals surface area contributed by atoms with Crippen LogP contribution in [0.4, 0.5) is 5.69 Å². The standard InChI is InChI=1S/C27H26Cl2N2O2S/c1-26(2,3)17-12-15(13-18(24(17)32)27(4,5)6)22-23(21-8-7-11-34-21)30-31(25(22)33)20-14-16(28)9-10-19(20)29/h7-14H,1-6H3. The van der Waals surface area contributed by atoms with E-state index in [4.69, 9.17) is 28.3 Å². The van der Waals surface area contributed by atoms with Crippen LogP contribution in [0, 0.1) is 10.8 Å². The third-order valence-corrected chi connectivity index (χ3v) is 7.16. The number of hydrazone groups is 1. The van der Waals surface area contributed by atoms with Crippen LogP contribution in [-0.4, -0.2) is 17.4 Å². The molecule has 34 heavy (non-hydrogen) atoms. The van der Waals surface area contributed by atoms with Gasteiger partial charge in [0.25, 0.3) is 5.91 Å². The summed E-state index contributed by atoms with van der Waals surface area (Å²) in [6.07, 6.45) is 3.69. The highest BCUT2D eigenvalue weighted by Gasteiger charge is 2.39. The summed E-state index contributed by atoms with van der Waals surface area (Å²) in [7, 11) is 0. The van der Waals surface area contributed by atoms with Gasteiger partial charge < -0.3 is 0 Å². The molecule has 0 unspecified atom stereocenters. The minimum Gasteiger partial charge on any atom is -0.289 e. The van der Waals surface area contributed by atoms with Crippen molar-refractivity contribution >= 4 is 57.6 Å². The van der Waals surface area contributed by atoms with Crippen molar-refractivity contribution in [2.75, 3.05) is 5.01 Å². The molecule has 1 aromatic carbocycles. The fraction of sp³-hybridized carbons (Fsp3) is 0.296. The Morgan fingerprint density at radius 3 is 2.06 bits per heavy atom. The van der Waals surface area contributed by atoms with E-state index in [-0.39, 0.29) is 11.7 Å². The van der Waals surface area contributed by atoms with Gasteiger partial charge in [-0.1, -0.05) is 70.8 Å². The first-order chi connectivity index (χ1) is 15.8. The summed E-state index contributed by atoms with van der Waals surface area (Å²) in [6, 6.07) is 8.79. The van der Waals surface area contributed by atoms with Crippen LogP contribution in [0.2, 0.25) is 10.0 Å². The summed E-state index contributed by atoms with van der Waals surface area (Å²) in [4.78, 5) is 28.2. The van der Waals surface area contributed by atoms with Crippen molar-refractivity contribution in [3.05, 3.63) is 85.1 Å². The topological polar surface area (TPSA) is 49.7 Å². The van der Waals surface area contributed by atoms with E-state index in [9.17, 15) is 9.59 Å². The number of hydrogen-bond acceptors (Lipinski definition) is 4. The van der Waals surface area contributed by atoms with Gasteiger partial charge >= 0.3 is 0 Å². The van der Waals surface area contributed by atoms with Crippen molar-refractivity contribution in [1.29, 1.82) is 0 Å². The maximum atomic E-state index is 13.9. The number of benzene rings is 1. The van der Waals surface area contributed by atoms with E-state index < -0.39 is 10.8 Å². The zero-order valence-corrected chi connectivity index (χ0v) is 22.3. The zero-order chi connectivity index (χ0) is 25.0. The van der Waals surface area contributed by atoms with Gasteiger partial charge in [0.15, 0.2) is 5.78 Å². The second-order valence-electron chi connectivity index (χ2n) is 10.4. The van der Waals surface area contributed by atoms with Crippen LogP contribution in [0.3, 0.4) is 0 Å². The number of rotatable bonds is 2. The van der Waals surface area contributed by atoms with Gasteiger partial charge in [0.05, 0.1) is 21.2 Å². The minimum atomic E-state index is -0.397. The molecule has 4 nitrogen and oxygen atoms in total. The Labute approximate surface area is 214 Å². The first kappa shape index (κ1) is 24.6. The molecule has 0 N–H and O–H groups in total. The molecule has 1 aliphatic carbocycles. The quantitative estimate of drug-likeness (QED) is 0.388. The van der Waals surface area contributed by atoms with E-state index in [2.05, 4.69) is 0 Å². The lowest BCUT2D eigenvalue weighted by Gasteiger charge is -2.31. The smallest absolute Gasteiger partial charge is 0.281 e. The van der Waals surface area contributed by atoms with Gasteiger partial charge in [-0.2, -0.15) is 10.1 Å². The molecule has 7 heteroatoms. The normalized spacial score (nSPS) is 17.3. The number of carbonyl (C=O) groups is 2. The molecule has 2 aliphatic rings. The first-order valence-corrected chi connectivity index (χ1v) is 12.6. The van der Waals surface area contributed by atoms with Crippen molar-refractivity contribution in [3.8, 4) is 0 Å². The Kier molecular flexibility index (Phi) is 6.26. The van der Waals surface area contributed by atoms with Crippen molar-refractivity contribution < 1.29 is 9.59 Å². The monoisotopic (exact) mass is 512 g/mol. The molecular formula is C27H26Cl2N2O2S. The summed E-state index contributed by atoms with van der Waals surface area (Å²) in [5, 5.41) is 8.77.